The van der Waals surface area contributed by atoms with Gasteiger partial charge < -0.3 is 10.2 Å². The molecule has 0 atom stereocenters. The van der Waals surface area contributed by atoms with Crippen LogP contribution in [0.1, 0.15) is 40.3 Å². The van der Waals surface area contributed by atoms with Crippen LogP contribution < -0.4 is 10.2 Å². The number of hydrogen-bond donors (Lipinski definition) is 1. The average molecular weight is 419 g/mol. The van der Waals surface area contributed by atoms with Gasteiger partial charge in [0, 0.05) is 45.5 Å². The van der Waals surface area contributed by atoms with Crippen LogP contribution in [0.4, 0.5) is 5.82 Å². The number of fused-ring (bicyclic) bond motifs is 1. The number of benzene rings is 1. The van der Waals surface area contributed by atoms with Crippen LogP contribution >= 0.6 is 0 Å². The van der Waals surface area contributed by atoms with Crippen molar-refractivity contribution >= 4 is 22.8 Å². The van der Waals surface area contributed by atoms with Gasteiger partial charge >= 0.3 is 0 Å². The van der Waals surface area contributed by atoms with Crippen LogP contribution in [0.5, 0.6) is 0 Å². The third kappa shape index (κ3) is 4.82. The molecule has 31 heavy (non-hydrogen) atoms. The molecule has 2 aromatic heterocycles. The van der Waals surface area contributed by atoms with Gasteiger partial charge in [-0.05, 0) is 43.9 Å². The van der Waals surface area contributed by atoms with E-state index in [1.54, 1.807) is 0 Å². The van der Waals surface area contributed by atoms with E-state index < -0.39 is 0 Å². The molecule has 1 amide bonds. The second kappa shape index (κ2) is 8.98. The van der Waals surface area contributed by atoms with Crippen LogP contribution in [-0.4, -0.2) is 59.0 Å². The van der Waals surface area contributed by atoms with Crippen LogP contribution in [0.3, 0.4) is 0 Å². The van der Waals surface area contributed by atoms with Gasteiger partial charge in [0.2, 0.25) is 5.82 Å². The van der Waals surface area contributed by atoms with E-state index in [0.29, 0.717) is 5.65 Å². The van der Waals surface area contributed by atoms with E-state index >= 15 is 0 Å². The van der Waals surface area contributed by atoms with Gasteiger partial charge in [0.25, 0.3) is 5.91 Å². The third-order valence-electron chi connectivity index (χ3n) is 5.77. The Morgan fingerprint density at radius 3 is 2.48 bits per heavy atom. The number of aromatic nitrogens is 3. The Morgan fingerprint density at radius 2 is 1.81 bits per heavy atom. The molecule has 7 heteroatoms. The Kier molecular flexibility index (Phi) is 6.13. The number of nitrogens with zero attached hydrogens (tertiary/aromatic N) is 5. The highest BCUT2D eigenvalue weighted by atomic mass is 16.2. The number of piperidine rings is 1. The summed E-state index contributed by atoms with van der Waals surface area (Å²) >= 11 is 0. The highest BCUT2D eigenvalue weighted by Gasteiger charge is 2.24. The van der Waals surface area contributed by atoms with Gasteiger partial charge in [-0.25, -0.2) is 15.0 Å². The topological polar surface area (TPSA) is 74.2 Å². The Balaban J connectivity index is 1.45. The Hall–Kier alpha value is -3.06. The lowest BCUT2D eigenvalue weighted by atomic mass is 10.0. The van der Waals surface area contributed by atoms with E-state index in [0.717, 1.165) is 54.9 Å². The molecule has 0 spiro atoms. The summed E-state index contributed by atoms with van der Waals surface area (Å²) in [6, 6.07) is 12.7. The number of aryl methyl sites for hydroxylation is 2. The Bertz CT molecular complexity index is 1070. The molecular formula is C24H30N6O. The minimum Gasteiger partial charge on any atom is -0.362 e. The van der Waals surface area contributed by atoms with Crippen molar-refractivity contribution in [1.82, 2.24) is 25.2 Å². The molecule has 0 bridgehead atoms. The molecule has 1 fully saturated rings. The zero-order valence-corrected chi connectivity index (χ0v) is 18.7. The smallest absolute Gasteiger partial charge is 0.289 e. The van der Waals surface area contributed by atoms with Crippen molar-refractivity contribution in [3.63, 3.8) is 0 Å². The van der Waals surface area contributed by atoms with Gasteiger partial charge in [0.1, 0.15) is 5.82 Å². The molecular weight excluding hydrogens is 388 g/mol. The van der Waals surface area contributed by atoms with Crippen LogP contribution in [-0.2, 0) is 6.54 Å². The number of carbonyl (C=O) groups is 1. The highest BCUT2D eigenvalue weighted by Crippen LogP contribution is 2.25. The lowest BCUT2D eigenvalue weighted by Crippen LogP contribution is -2.44. The van der Waals surface area contributed by atoms with E-state index in [1.165, 1.54) is 5.56 Å². The first kappa shape index (κ1) is 21.2. The number of pyridine rings is 1. The van der Waals surface area contributed by atoms with E-state index in [2.05, 4.69) is 49.4 Å². The molecule has 0 aliphatic carbocycles. The molecule has 1 aromatic carbocycles. The lowest BCUT2D eigenvalue weighted by molar-refractivity contribution is 0.0899. The Morgan fingerprint density at radius 1 is 1.10 bits per heavy atom. The molecule has 1 N–H and O–H groups in total. The van der Waals surface area contributed by atoms with E-state index in [1.807, 2.05) is 45.0 Å². The van der Waals surface area contributed by atoms with Gasteiger partial charge in [-0.1, -0.05) is 30.3 Å². The van der Waals surface area contributed by atoms with Crippen molar-refractivity contribution in [2.75, 3.05) is 32.1 Å². The first-order valence-corrected chi connectivity index (χ1v) is 10.8. The zero-order chi connectivity index (χ0) is 22.0. The second-order valence-corrected chi connectivity index (χ2v) is 8.55. The summed E-state index contributed by atoms with van der Waals surface area (Å²) < 4.78 is 0. The monoisotopic (exact) mass is 418 g/mol. The normalized spacial score (nSPS) is 15.2. The number of likely N-dealkylation sites (tertiary alicyclic amines) is 1. The first-order valence-electron chi connectivity index (χ1n) is 10.8. The largest absolute Gasteiger partial charge is 0.362 e. The molecule has 3 aromatic rings. The van der Waals surface area contributed by atoms with Gasteiger partial charge in [0.05, 0.1) is 5.39 Å². The number of amides is 1. The zero-order valence-electron chi connectivity index (χ0n) is 18.7. The maximum absolute atomic E-state index is 13.0. The molecule has 0 radical (unpaired) electrons. The highest BCUT2D eigenvalue weighted by molar-refractivity contribution is 5.96. The predicted octanol–water partition coefficient (Wildman–Crippen LogP) is 3.10. The van der Waals surface area contributed by atoms with E-state index in [4.69, 9.17) is 0 Å². The van der Waals surface area contributed by atoms with Crippen molar-refractivity contribution < 1.29 is 4.79 Å². The van der Waals surface area contributed by atoms with E-state index in [9.17, 15) is 4.79 Å². The summed E-state index contributed by atoms with van der Waals surface area (Å²) in [5.74, 6) is 0.672. The summed E-state index contributed by atoms with van der Waals surface area (Å²) in [5, 5.41) is 4.03. The van der Waals surface area contributed by atoms with Crippen LogP contribution in [0.25, 0.3) is 11.0 Å². The standard InChI is InChI=1S/C24H30N6O/c1-16-14-17(2)25-21-20(16)23(29(3)4)28-22(27-21)24(31)26-19-10-12-30(13-11-19)15-18-8-6-5-7-9-18/h5-9,14,19H,10-13,15H2,1-4H3,(H,26,31). The molecule has 4 rings (SSSR count). The summed E-state index contributed by atoms with van der Waals surface area (Å²) in [6.07, 6.45) is 1.84. The average Bonchev–Trinajstić information content (AvgIpc) is 2.74. The van der Waals surface area contributed by atoms with Crippen molar-refractivity contribution in [1.29, 1.82) is 0 Å². The number of anilines is 1. The van der Waals surface area contributed by atoms with Gasteiger partial charge in [-0.3, -0.25) is 9.69 Å². The fourth-order valence-corrected chi connectivity index (χ4v) is 4.21. The van der Waals surface area contributed by atoms with Gasteiger partial charge in [-0.2, -0.15) is 0 Å². The van der Waals surface area contributed by atoms with Crippen LogP contribution in [0.15, 0.2) is 36.4 Å². The molecule has 1 aliphatic rings. The predicted molar refractivity (Wildman–Crippen MR) is 123 cm³/mol. The van der Waals surface area contributed by atoms with Gasteiger partial charge in [-0.15, -0.1) is 0 Å². The summed E-state index contributed by atoms with van der Waals surface area (Å²) in [4.78, 5) is 31.0. The maximum atomic E-state index is 13.0. The van der Waals surface area contributed by atoms with Crippen molar-refractivity contribution in [2.45, 2.75) is 39.3 Å². The maximum Gasteiger partial charge on any atom is 0.289 e. The summed E-state index contributed by atoms with van der Waals surface area (Å²) in [5.41, 5.74) is 3.83. The molecule has 7 nitrogen and oxygen atoms in total. The minimum absolute atomic E-state index is 0.133. The number of rotatable bonds is 5. The third-order valence-corrected chi connectivity index (χ3v) is 5.77. The quantitative estimate of drug-likeness (QED) is 0.686. The van der Waals surface area contributed by atoms with Crippen LogP contribution in [0.2, 0.25) is 0 Å². The van der Waals surface area contributed by atoms with Gasteiger partial charge in [0.15, 0.2) is 5.65 Å². The number of nitrogens with one attached hydrogen (secondary N) is 1. The van der Waals surface area contributed by atoms with E-state index in [-0.39, 0.29) is 17.8 Å². The minimum atomic E-state index is -0.229. The van der Waals surface area contributed by atoms with Crippen molar-refractivity contribution in [3.8, 4) is 0 Å². The SMILES string of the molecule is Cc1cc(C)c2c(N(C)C)nc(C(=O)NC3CCN(Cc4ccccc4)CC3)nc2n1. The van der Waals surface area contributed by atoms with Crippen LogP contribution in [0, 0.1) is 13.8 Å². The lowest BCUT2D eigenvalue weighted by Gasteiger charge is -2.32. The molecule has 1 aliphatic heterocycles. The van der Waals surface area contributed by atoms with Crippen molar-refractivity contribution in [3.05, 3.63) is 59.0 Å². The second-order valence-electron chi connectivity index (χ2n) is 8.55. The fraction of sp³-hybridized carbons (Fsp3) is 0.417. The molecule has 0 saturated carbocycles. The molecule has 3 heterocycles. The number of carbonyl (C=O) groups excluding carboxylic acids is 1. The van der Waals surface area contributed by atoms with Crippen molar-refractivity contribution in [2.24, 2.45) is 0 Å². The summed E-state index contributed by atoms with van der Waals surface area (Å²) in [6.45, 7) is 6.83. The fourth-order valence-electron chi connectivity index (χ4n) is 4.21. The first-order chi connectivity index (χ1) is 14.9. The number of hydrogen-bond acceptors (Lipinski definition) is 6. The molecule has 1 saturated heterocycles. The summed E-state index contributed by atoms with van der Waals surface area (Å²) in [7, 11) is 3.84. The Labute approximate surface area is 183 Å². The molecule has 0 unspecified atom stereocenters. The molecule has 162 valence electrons.